The first-order valence-corrected chi connectivity index (χ1v) is 7.57. The van der Waals surface area contributed by atoms with Gasteiger partial charge in [0.05, 0.1) is 7.11 Å². The number of hydrogen-bond acceptors (Lipinski definition) is 3. The number of methoxy groups -OCH3 is 1. The summed E-state index contributed by atoms with van der Waals surface area (Å²) < 4.78 is 5.18. The number of amides is 1. The number of carbonyl (C=O) groups is 1. The summed E-state index contributed by atoms with van der Waals surface area (Å²) in [6.45, 7) is 8.85. The van der Waals surface area contributed by atoms with Crippen LogP contribution in [0.25, 0.3) is 0 Å². The van der Waals surface area contributed by atoms with E-state index in [1.807, 2.05) is 19.1 Å². The normalized spacial score (nSPS) is 16.2. The Kier molecular flexibility index (Phi) is 6.69. The molecule has 1 saturated heterocycles. The van der Waals surface area contributed by atoms with E-state index >= 15 is 0 Å². The number of halogens is 1. The molecule has 0 bridgehead atoms. The highest BCUT2D eigenvalue weighted by Gasteiger charge is 2.30. The number of rotatable bonds is 6. The van der Waals surface area contributed by atoms with Crippen molar-refractivity contribution >= 4 is 18.3 Å². The third-order valence-corrected chi connectivity index (χ3v) is 4.51. The van der Waals surface area contributed by atoms with Gasteiger partial charge in [-0.1, -0.05) is 32.9 Å². The lowest BCUT2D eigenvalue weighted by atomic mass is 9.83. The van der Waals surface area contributed by atoms with Crippen LogP contribution >= 0.6 is 12.4 Å². The van der Waals surface area contributed by atoms with E-state index in [0.717, 1.165) is 18.8 Å². The summed E-state index contributed by atoms with van der Waals surface area (Å²) in [4.78, 5) is 12.2. The maximum absolute atomic E-state index is 12.2. The van der Waals surface area contributed by atoms with Gasteiger partial charge in [0.1, 0.15) is 5.75 Å². The molecular formula is C17H27ClN2O2. The van der Waals surface area contributed by atoms with Crippen molar-refractivity contribution in [2.24, 2.45) is 11.8 Å². The number of ether oxygens (including phenoxy) is 1. The van der Waals surface area contributed by atoms with E-state index in [0.29, 0.717) is 12.5 Å². The van der Waals surface area contributed by atoms with E-state index in [-0.39, 0.29) is 29.6 Å². The summed E-state index contributed by atoms with van der Waals surface area (Å²) in [6, 6.07) is 8.04. The molecule has 1 aromatic rings. The van der Waals surface area contributed by atoms with E-state index in [2.05, 4.69) is 36.6 Å². The largest absolute Gasteiger partial charge is 0.497 e. The van der Waals surface area contributed by atoms with Crippen LogP contribution in [-0.2, 0) is 10.2 Å². The molecule has 2 rings (SSSR count). The average Bonchev–Trinajstić information content (AvgIpc) is 2.43. The SMILES string of the molecule is COc1ccc(C(C)(C)CNC(=O)C(C)C2CNC2)cc1.Cl. The number of benzene rings is 1. The van der Waals surface area contributed by atoms with Crippen LogP contribution in [0.4, 0.5) is 0 Å². The Labute approximate surface area is 139 Å². The molecular weight excluding hydrogens is 300 g/mol. The van der Waals surface area contributed by atoms with Gasteiger partial charge in [0.15, 0.2) is 0 Å². The first-order valence-electron chi connectivity index (χ1n) is 7.57. The lowest BCUT2D eigenvalue weighted by molar-refractivity contribution is -0.126. The lowest BCUT2D eigenvalue weighted by Crippen LogP contribution is -2.50. The molecule has 1 aromatic carbocycles. The molecule has 0 radical (unpaired) electrons. The van der Waals surface area contributed by atoms with Gasteiger partial charge >= 0.3 is 0 Å². The molecule has 124 valence electrons. The van der Waals surface area contributed by atoms with Crippen molar-refractivity contribution in [2.45, 2.75) is 26.2 Å². The second-order valence-corrected chi connectivity index (χ2v) is 6.54. The summed E-state index contributed by atoms with van der Waals surface area (Å²) in [6.07, 6.45) is 0. The van der Waals surface area contributed by atoms with Crippen LogP contribution in [0.5, 0.6) is 5.75 Å². The number of hydrogen-bond donors (Lipinski definition) is 2. The quantitative estimate of drug-likeness (QED) is 0.844. The van der Waals surface area contributed by atoms with Gasteiger partial charge in [0.2, 0.25) is 5.91 Å². The molecule has 0 spiro atoms. The molecule has 0 saturated carbocycles. The summed E-state index contributed by atoms with van der Waals surface area (Å²) in [5, 5.41) is 6.32. The second-order valence-electron chi connectivity index (χ2n) is 6.54. The highest BCUT2D eigenvalue weighted by atomic mass is 35.5. The maximum atomic E-state index is 12.2. The van der Waals surface area contributed by atoms with Gasteiger partial charge in [-0.2, -0.15) is 0 Å². The van der Waals surface area contributed by atoms with Crippen LogP contribution in [0, 0.1) is 11.8 Å². The standard InChI is InChI=1S/C17H26N2O2.ClH/c1-12(13-9-18-10-13)16(20)19-11-17(2,3)14-5-7-15(21-4)8-6-14;/h5-8,12-13,18H,9-11H2,1-4H3,(H,19,20);1H. The molecule has 4 nitrogen and oxygen atoms in total. The van der Waals surface area contributed by atoms with E-state index in [4.69, 9.17) is 4.74 Å². The average molecular weight is 327 g/mol. The zero-order valence-electron chi connectivity index (χ0n) is 13.8. The molecule has 0 aliphatic carbocycles. The van der Waals surface area contributed by atoms with E-state index < -0.39 is 0 Å². The Balaban J connectivity index is 0.00000242. The van der Waals surface area contributed by atoms with Crippen molar-refractivity contribution in [2.75, 3.05) is 26.7 Å². The first kappa shape index (κ1) is 18.8. The molecule has 1 heterocycles. The van der Waals surface area contributed by atoms with Crippen LogP contribution in [0.3, 0.4) is 0 Å². The maximum Gasteiger partial charge on any atom is 0.223 e. The monoisotopic (exact) mass is 326 g/mol. The van der Waals surface area contributed by atoms with Gasteiger partial charge < -0.3 is 15.4 Å². The predicted octanol–water partition coefficient (Wildman–Crippen LogP) is 2.37. The molecule has 2 N–H and O–H groups in total. The van der Waals surface area contributed by atoms with Crippen LogP contribution in [0.1, 0.15) is 26.3 Å². The minimum absolute atomic E-state index is 0. The van der Waals surface area contributed by atoms with Crippen LogP contribution in [0.15, 0.2) is 24.3 Å². The Morgan fingerprint density at radius 2 is 1.95 bits per heavy atom. The highest BCUT2D eigenvalue weighted by Crippen LogP contribution is 2.25. The minimum atomic E-state index is -0.0977. The van der Waals surface area contributed by atoms with Gasteiger partial charge in [0.25, 0.3) is 0 Å². The van der Waals surface area contributed by atoms with Crippen molar-refractivity contribution < 1.29 is 9.53 Å². The van der Waals surface area contributed by atoms with Gasteiger partial charge in [-0.3, -0.25) is 4.79 Å². The first-order chi connectivity index (χ1) is 9.94. The van der Waals surface area contributed by atoms with Crippen molar-refractivity contribution in [3.05, 3.63) is 29.8 Å². The molecule has 1 atom stereocenters. The zero-order valence-corrected chi connectivity index (χ0v) is 14.6. The fourth-order valence-corrected chi connectivity index (χ4v) is 2.49. The summed E-state index contributed by atoms with van der Waals surface area (Å²) in [5.41, 5.74) is 1.10. The molecule has 0 aromatic heterocycles. The molecule has 1 aliphatic heterocycles. The molecule has 22 heavy (non-hydrogen) atoms. The highest BCUT2D eigenvalue weighted by molar-refractivity contribution is 5.85. The Morgan fingerprint density at radius 1 is 1.36 bits per heavy atom. The van der Waals surface area contributed by atoms with Crippen molar-refractivity contribution in [1.82, 2.24) is 10.6 Å². The molecule has 1 aliphatic rings. The summed E-state index contributed by atoms with van der Waals surface area (Å²) >= 11 is 0. The van der Waals surface area contributed by atoms with E-state index in [1.54, 1.807) is 7.11 Å². The van der Waals surface area contributed by atoms with Crippen molar-refractivity contribution in [3.8, 4) is 5.75 Å². The molecule has 1 fully saturated rings. The Hall–Kier alpha value is -1.26. The third-order valence-electron chi connectivity index (χ3n) is 4.51. The topological polar surface area (TPSA) is 50.4 Å². The second kappa shape index (κ2) is 7.84. The van der Waals surface area contributed by atoms with Gasteiger partial charge in [-0.15, -0.1) is 12.4 Å². The predicted molar refractivity (Wildman–Crippen MR) is 91.8 cm³/mol. The Bertz CT molecular complexity index is 484. The van der Waals surface area contributed by atoms with E-state index in [9.17, 15) is 4.79 Å². The smallest absolute Gasteiger partial charge is 0.223 e. The van der Waals surface area contributed by atoms with Crippen molar-refractivity contribution in [1.29, 1.82) is 0 Å². The molecule has 1 unspecified atom stereocenters. The van der Waals surface area contributed by atoms with Gasteiger partial charge in [-0.25, -0.2) is 0 Å². The number of carbonyl (C=O) groups excluding carboxylic acids is 1. The zero-order chi connectivity index (χ0) is 15.5. The summed E-state index contributed by atoms with van der Waals surface area (Å²) in [5.74, 6) is 1.57. The summed E-state index contributed by atoms with van der Waals surface area (Å²) in [7, 11) is 1.66. The van der Waals surface area contributed by atoms with Gasteiger partial charge in [-0.05, 0) is 36.7 Å². The molecule has 1 amide bonds. The fraction of sp³-hybridized carbons (Fsp3) is 0.588. The lowest BCUT2D eigenvalue weighted by Gasteiger charge is -2.33. The van der Waals surface area contributed by atoms with E-state index in [1.165, 1.54) is 5.56 Å². The fourth-order valence-electron chi connectivity index (χ4n) is 2.49. The Morgan fingerprint density at radius 3 is 2.41 bits per heavy atom. The number of nitrogens with one attached hydrogen (secondary N) is 2. The van der Waals surface area contributed by atoms with Crippen molar-refractivity contribution in [3.63, 3.8) is 0 Å². The molecule has 5 heteroatoms. The van der Waals surface area contributed by atoms with Gasteiger partial charge in [0, 0.05) is 17.9 Å². The van der Waals surface area contributed by atoms with Crippen LogP contribution < -0.4 is 15.4 Å². The third kappa shape index (κ3) is 4.37. The van der Waals surface area contributed by atoms with Crippen LogP contribution in [-0.4, -0.2) is 32.7 Å². The van der Waals surface area contributed by atoms with Crippen LogP contribution in [0.2, 0.25) is 0 Å². The minimum Gasteiger partial charge on any atom is -0.497 e.